The number of nitrogens with zero attached hydrogens (tertiary/aromatic N) is 1. The van der Waals surface area contributed by atoms with Crippen molar-refractivity contribution in [2.24, 2.45) is 5.10 Å². The number of aromatic hydroxyl groups is 1. The molecule has 148 valence electrons. The Bertz CT molecular complexity index is 1010. The molecule has 0 spiro atoms. The molecule has 0 saturated heterocycles. The molecule has 29 heavy (non-hydrogen) atoms. The van der Waals surface area contributed by atoms with Crippen LogP contribution in [0.1, 0.15) is 5.56 Å². The molecule has 0 aliphatic carbocycles. The minimum absolute atomic E-state index is 0.0662. The maximum atomic E-state index is 11.9. The largest absolute Gasteiger partial charge is 0.504 e. The summed E-state index contributed by atoms with van der Waals surface area (Å²) in [5.41, 5.74) is 4.93. The molecule has 3 rings (SSSR count). The number of carbonyl (C=O) groups excluding carboxylic acids is 1. The van der Waals surface area contributed by atoms with Gasteiger partial charge < -0.3 is 14.6 Å². The minimum Gasteiger partial charge on any atom is -0.504 e. The summed E-state index contributed by atoms with van der Waals surface area (Å²) < 4.78 is 11.3. The molecular weight excluding hydrogens is 436 g/mol. The quantitative estimate of drug-likeness (QED) is 0.410. The first-order chi connectivity index (χ1) is 14.1. The van der Waals surface area contributed by atoms with E-state index in [4.69, 9.17) is 9.47 Å². The van der Waals surface area contributed by atoms with Gasteiger partial charge in [-0.3, -0.25) is 4.79 Å². The van der Waals surface area contributed by atoms with E-state index >= 15 is 0 Å². The SMILES string of the molecule is COc1cc(Br)cc(C=NNC(=O)COc2ccc(-c3ccccc3)cc2)c1O. The summed E-state index contributed by atoms with van der Waals surface area (Å²) in [5.74, 6) is 0.394. The van der Waals surface area contributed by atoms with E-state index in [2.05, 4.69) is 26.5 Å². The van der Waals surface area contributed by atoms with Gasteiger partial charge in [0.05, 0.1) is 13.3 Å². The lowest BCUT2D eigenvalue weighted by Gasteiger charge is -2.07. The molecule has 0 saturated carbocycles. The molecule has 0 fully saturated rings. The van der Waals surface area contributed by atoms with Crippen LogP contribution in [-0.4, -0.2) is 30.9 Å². The van der Waals surface area contributed by atoms with Crippen LogP contribution in [0.2, 0.25) is 0 Å². The third-order valence-electron chi connectivity index (χ3n) is 4.01. The predicted molar refractivity (Wildman–Crippen MR) is 115 cm³/mol. The van der Waals surface area contributed by atoms with Crippen molar-refractivity contribution < 1.29 is 19.4 Å². The van der Waals surface area contributed by atoms with Gasteiger partial charge in [-0.1, -0.05) is 58.4 Å². The Morgan fingerprint density at radius 1 is 1.10 bits per heavy atom. The van der Waals surface area contributed by atoms with Crippen LogP contribution in [0.15, 0.2) is 76.3 Å². The van der Waals surface area contributed by atoms with E-state index in [1.165, 1.54) is 13.3 Å². The number of hydrogen-bond donors (Lipinski definition) is 2. The van der Waals surface area contributed by atoms with Crippen LogP contribution >= 0.6 is 15.9 Å². The van der Waals surface area contributed by atoms with Gasteiger partial charge in [-0.25, -0.2) is 5.43 Å². The Kier molecular flexibility index (Phi) is 6.86. The molecule has 6 nitrogen and oxygen atoms in total. The van der Waals surface area contributed by atoms with Gasteiger partial charge in [0.15, 0.2) is 18.1 Å². The summed E-state index contributed by atoms with van der Waals surface area (Å²) in [7, 11) is 1.45. The van der Waals surface area contributed by atoms with Crippen LogP contribution in [0, 0.1) is 0 Å². The highest BCUT2D eigenvalue weighted by Crippen LogP contribution is 2.32. The third kappa shape index (κ3) is 5.58. The molecule has 0 radical (unpaired) electrons. The fourth-order valence-electron chi connectivity index (χ4n) is 2.58. The third-order valence-corrected chi connectivity index (χ3v) is 4.47. The summed E-state index contributed by atoms with van der Waals surface area (Å²) in [6.45, 7) is -0.185. The van der Waals surface area contributed by atoms with Crippen molar-refractivity contribution in [3.63, 3.8) is 0 Å². The van der Waals surface area contributed by atoms with Gasteiger partial charge in [-0.05, 0) is 35.4 Å². The number of phenolic OH excluding ortho intramolecular Hbond substituents is 1. The molecule has 0 heterocycles. The van der Waals surface area contributed by atoms with Crippen LogP contribution < -0.4 is 14.9 Å². The van der Waals surface area contributed by atoms with Crippen molar-refractivity contribution in [3.05, 3.63) is 76.8 Å². The van der Waals surface area contributed by atoms with Crippen LogP contribution in [0.25, 0.3) is 11.1 Å². The molecule has 2 N–H and O–H groups in total. The van der Waals surface area contributed by atoms with Crippen molar-refractivity contribution >= 4 is 28.1 Å². The van der Waals surface area contributed by atoms with E-state index in [-0.39, 0.29) is 12.4 Å². The van der Waals surface area contributed by atoms with Gasteiger partial charge in [-0.2, -0.15) is 5.10 Å². The average molecular weight is 455 g/mol. The maximum absolute atomic E-state index is 11.9. The molecular formula is C22H19BrN2O4. The molecule has 3 aromatic carbocycles. The first kappa shape index (κ1) is 20.4. The number of hydrogen-bond acceptors (Lipinski definition) is 5. The number of carbonyl (C=O) groups is 1. The topological polar surface area (TPSA) is 80.2 Å². The number of phenols is 1. The summed E-state index contributed by atoms with van der Waals surface area (Å²) >= 11 is 3.32. The Hall–Kier alpha value is -3.32. The zero-order valence-electron chi connectivity index (χ0n) is 15.6. The first-order valence-electron chi connectivity index (χ1n) is 8.73. The molecule has 3 aromatic rings. The highest BCUT2D eigenvalue weighted by molar-refractivity contribution is 9.10. The minimum atomic E-state index is -0.421. The maximum Gasteiger partial charge on any atom is 0.277 e. The second-order valence-corrected chi connectivity index (χ2v) is 6.93. The summed E-state index contributed by atoms with van der Waals surface area (Å²) in [6, 6.07) is 20.8. The standard InChI is InChI=1S/C22H19BrN2O4/c1-28-20-12-18(23)11-17(22(20)27)13-24-25-21(26)14-29-19-9-7-16(8-10-19)15-5-3-2-4-6-15/h2-13,27H,14H2,1H3,(H,25,26). The zero-order chi connectivity index (χ0) is 20.6. The first-order valence-corrected chi connectivity index (χ1v) is 9.53. The second-order valence-electron chi connectivity index (χ2n) is 6.02. The van der Waals surface area contributed by atoms with E-state index in [1.54, 1.807) is 12.1 Å². The molecule has 0 aliphatic rings. The number of rotatable bonds is 7. The fraction of sp³-hybridized carbons (Fsp3) is 0.0909. The number of ether oxygens (including phenoxy) is 2. The van der Waals surface area contributed by atoms with E-state index in [1.807, 2.05) is 54.6 Å². The Labute approximate surface area is 176 Å². The van der Waals surface area contributed by atoms with Crippen molar-refractivity contribution in [1.82, 2.24) is 5.43 Å². The Balaban J connectivity index is 1.53. The van der Waals surface area contributed by atoms with Gasteiger partial charge in [0.25, 0.3) is 5.91 Å². The van der Waals surface area contributed by atoms with E-state index in [0.29, 0.717) is 21.5 Å². The number of nitrogens with one attached hydrogen (secondary N) is 1. The number of methoxy groups -OCH3 is 1. The van der Waals surface area contributed by atoms with Gasteiger partial charge in [-0.15, -0.1) is 0 Å². The van der Waals surface area contributed by atoms with Gasteiger partial charge >= 0.3 is 0 Å². The molecule has 0 bridgehead atoms. The van der Waals surface area contributed by atoms with Crippen LogP contribution in [0.4, 0.5) is 0 Å². The zero-order valence-corrected chi connectivity index (χ0v) is 17.2. The summed E-state index contributed by atoms with van der Waals surface area (Å²) in [6.07, 6.45) is 1.33. The Morgan fingerprint density at radius 2 is 1.79 bits per heavy atom. The monoisotopic (exact) mass is 454 g/mol. The van der Waals surface area contributed by atoms with Gasteiger partial charge in [0.2, 0.25) is 0 Å². The fourth-order valence-corrected chi connectivity index (χ4v) is 3.03. The van der Waals surface area contributed by atoms with E-state index in [9.17, 15) is 9.90 Å². The number of amides is 1. The van der Waals surface area contributed by atoms with Gasteiger partial charge in [0.1, 0.15) is 5.75 Å². The molecule has 0 aliphatic heterocycles. The summed E-state index contributed by atoms with van der Waals surface area (Å²) in [5, 5.41) is 13.9. The molecule has 1 amide bonds. The number of hydrazone groups is 1. The number of halogens is 1. The molecule has 0 atom stereocenters. The molecule has 7 heteroatoms. The second kappa shape index (κ2) is 9.75. The highest BCUT2D eigenvalue weighted by atomic mass is 79.9. The Morgan fingerprint density at radius 3 is 2.48 bits per heavy atom. The van der Waals surface area contributed by atoms with Crippen LogP contribution in [0.3, 0.4) is 0 Å². The average Bonchev–Trinajstić information content (AvgIpc) is 2.75. The van der Waals surface area contributed by atoms with E-state index < -0.39 is 5.91 Å². The van der Waals surface area contributed by atoms with Crippen LogP contribution in [-0.2, 0) is 4.79 Å². The van der Waals surface area contributed by atoms with Crippen LogP contribution in [0.5, 0.6) is 17.2 Å². The molecule has 0 unspecified atom stereocenters. The van der Waals surface area contributed by atoms with Crippen molar-refractivity contribution in [1.29, 1.82) is 0 Å². The molecule has 0 aromatic heterocycles. The smallest absolute Gasteiger partial charge is 0.277 e. The van der Waals surface area contributed by atoms with Crippen molar-refractivity contribution in [2.75, 3.05) is 13.7 Å². The van der Waals surface area contributed by atoms with Crippen molar-refractivity contribution in [3.8, 4) is 28.4 Å². The van der Waals surface area contributed by atoms with E-state index in [0.717, 1.165) is 11.1 Å². The number of benzene rings is 3. The summed E-state index contributed by atoms with van der Waals surface area (Å²) in [4.78, 5) is 11.9. The lowest BCUT2D eigenvalue weighted by Crippen LogP contribution is -2.24. The lowest BCUT2D eigenvalue weighted by molar-refractivity contribution is -0.123. The highest BCUT2D eigenvalue weighted by Gasteiger charge is 2.08. The normalized spacial score (nSPS) is 10.7. The van der Waals surface area contributed by atoms with Crippen molar-refractivity contribution in [2.45, 2.75) is 0 Å². The predicted octanol–water partition coefficient (Wildman–Crippen LogP) is 4.36. The lowest BCUT2D eigenvalue weighted by atomic mass is 10.1. The van der Waals surface area contributed by atoms with Gasteiger partial charge in [0, 0.05) is 10.0 Å².